The maximum Gasteiger partial charge on any atom is 0.261 e. The quantitative estimate of drug-likeness (QED) is 0.888. The first-order valence-electron chi connectivity index (χ1n) is 5.71. The second-order valence-electron chi connectivity index (χ2n) is 4.09. The highest BCUT2D eigenvalue weighted by molar-refractivity contribution is 7.12. The number of benzene rings is 1. The number of aliphatic hydroxyl groups excluding tert-OH is 1. The topological polar surface area (TPSA) is 49.3 Å². The zero-order chi connectivity index (χ0) is 13.0. The Labute approximate surface area is 110 Å². The summed E-state index contributed by atoms with van der Waals surface area (Å²) in [4.78, 5) is 12.7. The van der Waals surface area contributed by atoms with Crippen LogP contribution >= 0.6 is 11.3 Å². The van der Waals surface area contributed by atoms with Crippen LogP contribution in [0.25, 0.3) is 0 Å². The first-order chi connectivity index (χ1) is 8.70. The number of hydrogen-bond donors (Lipinski definition) is 2. The summed E-state index contributed by atoms with van der Waals surface area (Å²) >= 11 is 1.45. The molecule has 0 radical (unpaired) electrons. The third-order valence-electron chi connectivity index (χ3n) is 2.70. The number of hydrogen-bond acceptors (Lipinski definition) is 3. The molecular weight excluding hydrogens is 246 g/mol. The average molecular weight is 261 g/mol. The molecule has 0 aliphatic carbocycles. The zero-order valence-electron chi connectivity index (χ0n) is 10.1. The van der Waals surface area contributed by atoms with Gasteiger partial charge in [0.1, 0.15) is 0 Å². The fraction of sp³-hybridized carbons (Fsp3) is 0.214. The molecule has 1 aromatic carbocycles. The third-order valence-corrected chi connectivity index (χ3v) is 3.71. The number of nitrogens with one attached hydrogen (secondary N) is 1. The molecule has 0 saturated heterocycles. The van der Waals surface area contributed by atoms with Crippen molar-refractivity contribution in [1.29, 1.82) is 0 Å². The molecule has 0 saturated carbocycles. The van der Waals surface area contributed by atoms with E-state index in [1.165, 1.54) is 11.3 Å². The zero-order valence-corrected chi connectivity index (χ0v) is 11.0. The molecule has 0 atom stereocenters. The van der Waals surface area contributed by atoms with Crippen molar-refractivity contribution in [3.05, 3.63) is 57.3 Å². The van der Waals surface area contributed by atoms with E-state index in [0.29, 0.717) is 6.54 Å². The second kappa shape index (κ2) is 5.80. The smallest absolute Gasteiger partial charge is 0.261 e. The summed E-state index contributed by atoms with van der Waals surface area (Å²) in [5, 5.41) is 13.8. The fourth-order valence-corrected chi connectivity index (χ4v) is 2.55. The number of carbonyl (C=O) groups excluding carboxylic acids is 1. The normalized spacial score (nSPS) is 10.3. The first kappa shape index (κ1) is 12.8. The van der Waals surface area contributed by atoms with Gasteiger partial charge in [-0.05, 0) is 35.1 Å². The van der Waals surface area contributed by atoms with Crippen LogP contribution in [-0.2, 0) is 13.2 Å². The summed E-state index contributed by atoms with van der Waals surface area (Å²) in [6.07, 6.45) is 0. The van der Waals surface area contributed by atoms with Crippen LogP contribution in [0.15, 0.2) is 35.7 Å². The van der Waals surface area contributed by atoms with Crippen LogP contribution in [0.4, 0.5) is 0 Å². The standard InChI is InChI=1S/C14H15NO2S/c1-10-5-6-18-13(10)14(17)15-8-11-3-2-4-12(7-11)9-16/h2-7,16H,8-9H2,1H3,(H,15,17). The van der Waals surface area contributed by atoms with Crippen molar-refractivity contribution in [1.82, 2.24) is 5.32 Å². The van der Waals surface area contributed by atoms with E-state index in [4.69, 9.17) is 5.11 Å². The van der Waals surface area contributed by atoms with Gasteiger partial charge in [-0.3, -0.25) is 4.79 Å². The van der Waals surface area contributed by atoms with E-state index in [2.05, 4.69) is 5.32 Å². The van der Waals surface area contributed by atoms with E-state index in [9.17, 15) is 4.79 Å². The number of aryl methyl sites for hydroxylation is 1. The Morgan fingerprint density at radius 1 is 1.33 bits per heavy atom. The summed E-state index contributed by atoms with van der Waals surface area (Å²) in [5.74, 6) is -0.0445. The van der Waals surface area contributed by atoms with Crippen LogP contribution in [0.3, 0.4) is 0 Å². The van der Waals surface area contributed by atoms with Crippen molar-refractivity contribution in [3.63, 3.8) is 0 Å². The lowest BCUT2D eigenvalue weighted by atomic mass is 10.1. The van der Waals surface area contributed by atoms with Crippen LogP contribution in [0.1, 0.15) is 26.4 Å². The molecule has 2 rings (SSSR count). The maximum absolute atomic E-state index is 11.9. The van der Waals surface area contributed by atoms with Gasteiger partial charge in [-0.2, -0.15) is 0 Å². The van der Waals surface area contributed by atoms with Crippen molar-refractivity contribution in [2.45, 2.75) is 20.1 Å². The summed E-state index contributed by atoms with van der Waals surface area (Å²) < 4.78 is 0. The van der Waals surface area contributed by atoms with Crippen molar-refractivity contribution >= 4 is 17.2 Å². The minimum absolute atomic E-state index is 0.0197. The Bertz CT molecular complexity index is 548. The Morgan fingerprint density at radius 2 is 2.11 bits per heavy atom. The highest BCUT2D eigenvalue weighted by Crippen LogP contribution is 2.15. The third kappa shape index (κ3) is 2.97. The number of amides is 1. The minimum Gasteiger partial charge on any atom is -0.392 e. The van der Waals surface area contributed by atoms with Crippen molar-refractivity contribution in [2.75, 3.05) is 0 Å². The number of aliphatic hydroxyl groups is 1. The van der Waals surface area contributed by atoms with Crippen LogP contribution in [-0.4, -0.2) is 11.0 Å². The molecule has 1 aromatic heterocycles. The summed E-state index contributed by atoms with van der Waals surface area (Å²) in [7, 11) is 0. The average Bonchev–Trinajstić information content (AvgIpc) is 2.82. The maximum atomic E-state index is 11.9. The number of carbonyl (C=O) groups is 1. The van der Waals surface area contributed by atoms with E-state index >= 15 is 0 Å². The van der Waals surface area contributed by atoms with Gasteiger partial charge in [0.05, 0.1) is 11.5 Å². The molecule has 0 bridgehead atoms. The van der Waals surface area contributed by atoms with Crippen LogP contribution in [0.5, 0.6) is 0 Å². The SMILES string of the molecule is Cc1ccsc1C(=O)NCc1cccc(CO)c1. The summed E-state index contributed by atoms with van der Waals surface area (Å²) in [6.45, 7) is 2.42. The molecule has 2 N–H and O–H groups in total. The lowest BCUT2D eigenvalue weighted by Crippen LogP contribution is -2.22. The van der Waals surface area contributed by atoms with Gasteiger partial charge in [0.25, 0.3) is 5.91 Å². The van der Waals surface area contributed by atoms with E-state index in [1.54, 1.807) is 0 Å². The monoisotopic (exact) mass is 261 g/mol. The van der Waals surface area contributed by atoms with Crippen molar-refractivity contribution < 1.29 is 9.90 Å². The molecule has 94 valence electrons. The predicted molar refractivity (Wildman–Crippen MR) is 72.6 cm³/mol. The van der Waals surface area contributed by atoms with E-state index < -0.39 is 0 Å². The van der Waals surface area contributed by atoms with E-state index in [0.717, 1.165) is 21.6 Å². The van der Waals surface area contributed by atoms with Gasteiger partial charge in [-0.1, -0.05) is 24.3 Å². The molecule has 0 aliphatic rings. The highest BCUT2D eigenvalue weighted by atomic mass is 32.1. The Balaban J connectivity index is 1.99. The van der Waals surface area contributed by atoms with Gasteiger partial charge in [0, 0.05) is 6.54 Å². The molecule has 18 heavy (non-hydrogen) atoms. The summed E-state index contributed by atoms with van der Waals surface area (Å²) in [6, 6.07) is 9.49. The minimum atomic E-state index is -0.0445. The molecule has 1 amide bonds. The second-order valence-corrected chi connectivity index (χ2v) is 5.01. The van der Waals surface area contributed by atoms with Gasteiger partial charge in [-0.25, -0.2) is 0 Å². The first-order valence-corrected chi connectivity index (χ1v) is 6.59. The molecular formula is C14H15NO2S. The van der Waals surface area contributed by atoms with Gasteiger partial charge in [-0.15, -0.1) is 11.3 Å². The van der Waals surface area contributed by atoms with Crippen molar-refractivity contribution in [2.24, 2.45) is 0 Å². The lowest BCUT2D eigenvalue weighted by molar-refractivity contribution is 0.0954. The highest BCUT2D eigenvalue weighted by Gasteiger charge is 2.09. The molecule has 3 nitrogen and oxygen atoms in total. The largest absolute Gasteiger partial charge is 0.392 e. The van der Waals surface area contributed by atoms with Gasteiger partial charge in [0.2, 0.25) is 0 Å². The molecule has 0 aliphatic heterocycles. The van der Waals surface area contributed by atoms with Crippen LogP contribution in [0, 0.1) is 6.92 Å². The number of rotatable bonds is 4. The van der Waals surface area contributed by atoms with Gasteiger partial charge in [0.15, 0.2) is 0 Å². The van der Waals surface area contributed by atoms with E-state index in [-0.39, 0.29) is 12.5 Å². The Morgan fingerprint density at radius 3 is 2.78 bits per heavy atom. The molecule has 1 heterocycles. The van der Waals surface area contributed by atoms with Gasteiger partial charge < -0.3 is 10.4 Å². The van der Waals surface area contributed by atoms with Crippen LogP contribution in [0.2, 0.25) is 0 Å². The molecule has 0 unspecified atom stereocenters. The van der Waals surface area contributed by atoms with Gasteiger partial charge >= 0.3 is 0 Å². The Hall–Kier alpha value is -1.65. The molecule has 0 spiro atoms. The lowest BCUT2D eigenvalue weighted by Gasteiger charge is -2.06. The van der Waals surface area contributed by atoms with Crippen molar-refractivity contribution in [3.8, 4) is 0 Å². The Kier molecular flexibility index (Phi) is 4.12. The fourth-order valence-electron chi connectivity index (χ4n) is 1.71. The molecule has 2 aromatic rings. The van der Waals surface area contributed by atoms with E-state index in [1.807, 2.05) is 42.6 Å². The predicted octanol–water partition coefficient (Wildman–Crippen LogP) is 2.48. The summed E-state index contributed by atoms with van der Waals surface area (Å²) in [5.41, 5.74) is 2.85. The van der Waals surface area contributed by atoms with Crippen LogP contribution < -0.4 is 5.32 Å². The molecule has 0 fully saturated rings. The number of thiophene rings is 1. The molecule has 4 heteroatoms.